The monoisotopic (exact) mass is 304 g/mol. The van der Waals surface area contributed by atoms with Crippen molar-refractivity contribution in [2.24, 2.45) is 0 Å². The lowest BCUT2D eigenvalue weighted by Gasteiger charge is -2.03. The van der Waals surface area contributed by atoms with E-state index in [4.69, 9.17) is 16.7 Å². The van der Waals surface area contributed by atoms with Gasteiger partial charge in [0.2, 0.25) is 0 Å². The highest BCUT2D eigenvalue weighted by molar-refractivity contribution is 7.19. The van der Waals surface area contributed by atoms with Gasteiger partial charge in [-0.3, -0.25) is 0 Å². The molecule has 3 aromatic rings. The molecule has 20 heavy (non-hydrogen) atoms. The number of halogens is 1. The topological polar surface area (TPSA) is 63.1 Å². The molecule has 0 unspecified atom stereocenters. The summed E-state index contributed by atoms with van der Waals surface area (Å²) in [5, 5.41) is 9.06. The van der Waals surface area contributed by atoms with E-state index in [9.17, 15) is 4.79 Å². The van der Waals surface area contributed by atoms with Crippen molar-refractivity contribution in [1.29, 1.82) is 0 Å². The van der Waals surface area contributed by atoms with Gasteiger partial charge in [0.05, 0.1) is 27.4 Å². The molecule has 1 N–H and O–H groups in total. The fourth-order valence-electron chi connectivity index (χ4n) is 1.97. The van der Waals surface area contributed by atoms with Crippen molar-refractivity contribution in [2.75, 3.05) is 0 Å². The van der Waals surface area contributed by atoms with Crippen LogP contribution in [0.4, 0.5) is 0 Å². The van der Waals surface area contributed by atoms with Crippen LogP contribution < -0.4 is 0 Å². The molecule has 6 heteroatoms. The molecule has 0 aliphatic rings. The average molecular weight is 305 g/mol. The predicted molar refractivity (Wildman–Crippen MR) is 79.4 cm³/mol. The molecule has 3 rings (SSSR count). The minimum atomic E-state index is -0.954. The number of aromatic carboxylic acids is 1. The first-order valence-electron chi connectivity index (χ1n) is 5.82. The van der Waals surface area contributed by atoms with Gasteiger partial charge in [-0.15, -0.1) is 22.9 Å². The number of rotatable bonds is 3. The molecule has 100 valence electrons. The Morgan fingerprint density at radius 3 is 2.90 bits per heavy atom. The van der Waals surface area contributed by atoms with E-state index in [1.165, 1.54) is 17.7 Å². The molecule has 2 aromatic heterocycles. The number of nitrogens with zero attached hydrogens (tertiary/aromatic N) is 2. The maximum atomic E-state index is 11.1. The van der Waals surface area contributed by atoms with Crippen LogP contribution >= 0.6 is 22.9 Å². The first-order chi connectivity index (χ1) is 9.69. The predicted octanol–water partition coefficient (Wildman–Crippen LogP) is 3.80. The molecule has 0 spiro atoms. The summed E-state index contributed by atoms with van der Waals surface area (Å²) in [6.45, 7) is 0. The van der Waals surface area contributed by atoms with Gasteiger partial charge in [-0.2, -0.15) is 0 Å². The Morgan fingerprint density at radius 2 is 2.15 bits per heavy atom. The van der Waals surface area contributed by atoms with Crippen LogP contribution in [0.3, 0.4) is 0 Å². The normalized spacial score (nSPS) is 10.8. The van der Waals surface area contributed by atoms with Crippen molar-refractivity contribution in [2.45, 2.75) is 5.88 Å². The molecule has 2 heterocycles. The number of carbonyl (C=O) groups is 1. The number of thiophene rings is 1. The van der Waals surface area contributed by atoms with E-state index in [-0.39, 0.29) is 5.56 Å². The third kappa shape index (κ3) is 2.26. The number of alkyl halides is 1. The number of fused-ring (bicyclic) bond motifs is 1. The van der Waals surface area contributed by atoms with E-state index in [0.29, 0.717) is 5.88 Å². The van der Waals surface area contributed by atoms with E-state index < -0.39 is 5.97 Å². The molecule has 0 amide bonds. The van der Waals surface area contributed by atoms with Gasteiger partial charge in [0.25, 0.3) is 0 Å². The summed E-state index contributed by atoms with van der Waals surface area (Å²) >= 11 is 7.38. The first kappa shape index (κ1) is 13.0. The fourth-order valence-corrected chi connectivity index (χ4v) is 3.19. The van der Waals surface area contributed by atoms with Crippen molar-refractivity contribution in [3.8, 4) is 11.3 Å². The lowest BCUT2D eigenvalue weighted by Crippen LogP contribution is -1.96. The molecular formula is C14H9ClN2O2S. The molecule has 0 atom stereocenters. The van der Waals surface area contributed by atoms with Crippen molar-refractivity contribution in [3.05, 3.63) is 47.1 Å². The van der Waals surface area contributed by atoms with Crippen molar-refractivity contribution in [3.63, 3.8) is 0 Å². The SMILES string of the molecule is O=C(O)c1cccc(-c2ncnc3cc(CCl)sc23)c1. The van der Waals surface area contributed by atoms with E-state index in [1.54, 1.807) is 18.2 Å². The number of carboxylic acid groups (broad SMARTS) is 1. The van der Waals surface area contributed by atoms with Gasteiger partial charge in [0.1, 0.15) is 6.33 Å². The Balaban J connectivity index is 2.21. The minimum Gasteiger partial charge on any atom is -0.478 e. The lowest BCUT2D eigenvalue weighted by atomic mass is 10.1. The second kappa shape index (κ2) is 5.19. The van der Waals surface area contributed by atoms with Crippen molar-refractivity contribution < 1.29 is 9.90 Å². The maximum absolute atomic E-state index is 11.1. The largest absolute Gasteiger partial charge is 0.478 e. The molecule has 0 bridgehead atoms. The number of hydrogen-bond acceptors (Lipinski definition) is 4. The molecule has 0 aliphatic carbocycles. The molecule has 4 nitrogen and oxygen atoms in total. The van der Waals surface area contributed by atoms with Crippen LogP contribution in [0.5, 0.6) is 0 Å². The Labute approximate surface area is 123 Å². The second-order valence-electron chi connectivity index (χ2n) is 4.17. The summed E-state index contributed by atoms with van der Waals surface area (Å²) in [5.74, 6) is -0.528. The van der Waals surface area contributed by atoms with Crippen LogP contribution in [0.15, 0.2) is 36.7 Å². The van der Waals surface area contributed by atoms with Gasteiger partial charge in [0, 0.05) is 10.4 Å². The van der Waals surface area contributed by atoms with Gasteiger partial charge in [-0.1, -0.05) is 12.1 Å². The first-order valence-corrected chi connectivity index (χ1v) is 7.17. The summed E-state index contributed by atoms with van der Waals surface area (Å²) in [5.41, 5.74) is 2.57. The molecule has 1 aromatic carbocycles. The zero-order valence-electron chi connectivity index (χ0n) is 10.2. The number of benzene rings is 1. The van der Waals surface area contributed by atoms with Crippen LogP contribution in [0.1, 0.15) is 15.2 Å². The zero-order chi connectivity index (χ0) is 14.1. The van der Waals surface area contributed by atoms with E-state index >= 15 is 0 Å². The maximum Gasteiger partial charge on any atom is 0.335 e. The lowest BCUT2D eigenvalue weighted by molar-refractivity contribution is 0.0697. The van der Waals surface area contributed by atoms with Gasteiger partial charge in [-0.05, 0) is 18.2 Å². The summed E-state index contributed by atoms with van der Waals surface area (Å²) in [4.78, 5) is 20.6. The highest BCUT2D eigenvalue weighted by Crippen LogP contribution is 2.33. The van der Waals surface area contributed by atoms with Gasteiger partial charge >= 0.3 is 5.97 Å². The third-order valence-corrected chi connectivity index (χ3v) is 4.45. The van der Waals surface area contributed by atoms with E-state index in [1.807, 2.05) is 12.1 Å². The van der Waals surface area contributed by atoms with E-state index in [0.717, 1.165) is 26.4 Å². The Morgan fingerprint density at radius 1 is 1.30 bits per heavy atom. The third-order valence-electron chi connectivity index (χ3n) is 2.88. The van der Waals surface area contributed by atoms with Gasteiger partial charge in [0.15, 0.2) is 0 Å². The van der Waals surface area contributed by atoms with E-state index in [2.05, 4.69) is 9.97 Å². The second-order valence-corrected chi connectivity index (χ2v) is 5.57. The van der Waals surface area contributed by atoms with Gasteiger partial charge < -0.3 is 5.11 Å². The fraction of sp³-hybridized carbons (Fsp3) is 0.0714. The molecular weight excluding hydrogens is 296 g/mol. The number of hydrogen-bond donors (Lipinski definition) is 1. The van der Waals surface area contributed by atoms with Crippen LogP contribution in [0, 0.1) is 0 Å². The van der Waals surface area contributed by atoms with Crippen LogP contribution in [-0.4, -0.2) is 21.0 Å². The molecule has 0 saturated heterocycles. The Bertz CT molecular complexity index is 801. The number of aromatic nitrogens is 2. The molecule has 0 aliphatic heterocycles. The Hall–Kier alpha value is -1.98. The van der Waals surface area contributed by atoms with Crippen LogP contribution in [0.2, 0.25) is 0 Å². The molecule has 0 radical (unpaired) electrons. The quantitative estimate of drug-likeness (QED) is 0.748. The summed E-state index contributed by atoms with van der Waals surface area (Å²) in [6, 6.07) is 8.66. The Kier molecular flexibility index (Phi) is 3.38. The molecule has 0 saturated carbocycles. The van der Waals surface area contributed by atoms with Crippen LogP contribution in [0.25, 0.3) is 21.5 Å². The average Bonchev–Trinajstić information content (AvgIpc) is 2.90. The number of carboxylic acids is 1. The summed E-state index contributed by atoms with van der Waals surface area (Å²) < 4.78 is 0.922. The minimum absolute atomic E-state index is 0.239. The van der Waals surface area contributed by atoms with Crippen molar-refractivity contribution in [1.82, 2.24) is 9.97 Å². The molecule has 0 fully saturated rings. The summed E-state index contributed by atoms with van der Waals surface area (Å²) in [6.07, 6.45) is 1.48. The zero-order valence-corrected chi connectivity index (χ0v) is 11.8. The van der Waals surface area contributed by atoms with Gasteiger partial charge in [-0.25, -0.2) is 14.8 Å². The highest BCUT2D eigenvalue weighted by Gasteiger charge is 2.12. The highest BCUT2D eigenvalue weighted by atomic mass is 35.5. The van der Waals surface area contributed by atoms with Crippen LogP contribution in [-0.2, 0) is 5.88 Å². The van der Waals surface area contributed by atoms with Crippen molar-refractivity contribution >= 4 is 39.1 Å². The smallest absolute Gasteiger partial charge is 0.335 e. The standard InChI is InChI=1S/C14H9ClN2O2S/c15-6-10-5-11-13(20-10)12(17-7-16-11)8-2-1-3-9(4-8)14(18)19/h1-5,7H,6H2,(H,18,19). The summed E-state index contributed by atoms with van der Waals surface area (Å²) in [7, 11) is 0.